The molecular formula is C26H27N3O6. The highest BCUT2D eigenvalue weighted by atomic mass is 16.7. The molecule has 0 bridgehead atoms. The van der Waals surface area contributed by atoms with Crippen LogP contribution in [0.2, 0.25) is 0 Å². The topological polar surface area (TPSA) is 97.4 Å². The number of ether oxygens (including phenoxy) is 3. The summed E-state index contributed by atoms with van der Waals surface area (Å²) in [6, 6.07) is 7.78. The van der Waals surface area contributed by atoms with Gasteiger partial charge >= 0.3 is 6.03 Å². The number of amides is 4. The van der Waals surface area contributed by atoms with Gasteiger partial charge in [0.2, 0.25) is 6.79 Å². The van der Waals surface area contributed by atoms with Gasteiger partial charge in [-0.05, 0) is 56.0 Å². The molecule has 0 saturated carbocycles. The molecular weight excluding hydrogens is 450 g/mol. The van der Waals surface area contributed by atoms with Crippen LogP contribution in [0.4, 0.5) is 16.2 Å². The van der Waals surface area contributed by atoms with E-state index in [4.69, 9.17) is 14.2 Å². The van der Waals surface area contributed by atoms with Crippen molar-refractivity contribution >= 4 is 35.3 Å². The number of hydrogen-bond donors (Lipinski definition) is 1. The standard InChI is InChI=1S/C26H27N3O6/c1-14-12-26(2,3)28(4)19-11-21(33-5)15(8-17(14)19)9-18-23(30)27-25(32)29(24(18)31)16-6-7-20-22(10-16)35-13-34-20/h6-11,14H,12-13H2,1-5H3,(H,27,30,32)/b18-9-. The summed E-state index contributed by atoms with van der Waals surface area (Å²) in [7, 11) is 3.60. The van der Waals surface area contributed by atoms with Gasteiger partial charge in [-0.25, -0.2) is 9.69 Å². The van der Waals surface area contributed by atoms with Crippen molar-refractivity contribution in [3.05, 3.63) is 47.0 Å². The normalized spacial score (nSPS) is 21.8. The largest absolute Gasteiger partial charge is 0.496 e. The number of nitrogens with zero attached hydrogens (tertiary/aromatic N) is 2. The third-order valence-electron chi connectivity index (χ3n) is 7.00. The van der Waals surface area contributed by atoms with Gasteiger partial charge in [0.25, 0.3) is 11.8 Å². The molecule has 5 rings (SSSR count). The van der Waals surface area contributed by atoms with Crippen LogP contribution >= 0.6 is 0 Å². The van der Waals surface area contributed by atoms with E-state index in [1.165, 1.54) is 12.1 Å². The van der Waals surface area contributed by atoms with Crippen LogP contribution in [0.15, 0.2) is 35.9 Å². The van der Waals surface area contributed by atoms with E-state index in [1.807, 2.05) is 12.1 Å². The number of barbiturate groups is 1. The molecule has 3 aliphatic heterocycles. The van der Waals surface area contributed by atoms with E-state index in [-0.39, 0.29) is 29.5 Å². The number of urea groups is 1. The van der Waals surface area contributed by atoms with Gasteiger partial charge in [-0.15, -0.1) is 0 Å². The predicted octanol–water partition coefficient (Wildman–Crippen LogP) is 3.81. The Morgan fingerprint density at radius 2 is 1.86 bits per heavy atom. The lowest BCUT2D eigenvalue weighted by atomic mass is 9.79. The summed E-state index contributed by atoms with van der Waals surface area (Å²) in [5, 5.41) is 2.26. The molecule has 1 fully saturated rings. The Morgan fingerprint density at radius 1 is 1.11 bits per heavy atom. The van der Waals surface area contributed by atoms with Crippen LogP contribution in [0.1, 0.15) is 44.2 Å². The lowest BCUT2D eigenvalue weighted by Crippen LogP contribution is -2.54. The van der Waals surface area contributed by atoms with Crippen molar-refractivity contribution in [1.29, 1.82) is 0 Å². The molecule has 182 valence electrons. The number of hydrogen-bond acceptors (Lipinski definition) is 7. The monoisotopic (exact) mass is 477 g/mol. The molecule has 0 spiro atoms. The van der Waals surface area contributed by atoms with Crippen LogP contribution in [0.25, 0.3) is 6.08 Å². The van der Waals surface area contributed by atoms with Gasteiger partial charge in [0.05, 0.1) is 12.8 Å². The Labute approximate surface area is 203 Å². The molecule has 1 unspecified atom stereocenters. The van der Waals surface area contributed by atoms with Crippen LogP contribution in [-0.2, 0) is 9.59 Å². The van der Waals surface area contributed by atoms with E-state index in [0.717, 1.165) is 22.6 Å². The fourth-order valence-electron chi connectivity index (χ4n) is 4.97. The minimum atomic E-state index is -0.828. The van der Waals surface area contributed by atoms with Crippen LogP contribution in [0.3, 0.4) is 0 Å². The molecule has 1 atom stereocenters. The minimum absolute atomic E-state index is 0.0257. The zero-order chi connectivity index (χ0) is 25.1. The average molecular weight is 478 g/mol. The van der Waals surface area contributed by atoms with Gasteiger partial charge in [-0.3, -0.25) is 14.9 Å². The number of nitrogens with one attached hydrogen (secondary N) is 1. The van der Waals surface area contributed by atoms with Crippen molar-refractivity contribution in [3.8, 4) is 17.2 Å². The van der Waals surface area contributed by atoms with Gasteiger partial charge < -0.3 is 19.1 Å². The highest BCUT2D eigenvalue weighted by Gasteiger charge is 2.38. The number of carbonyl (C=O) groups is 3. The second-order valence-corrected chi connectivity index (χ2v) is 9.63. The number of fused-ring (bicyclic) bond motifs is 2. The van der Waals surface area contributed by atoms with Crippen molar-refractivity contribution < 1.29 is 28.6 Å². The summed E-state index contributed by atoms with van der Waals surface area (Å²) in [5.74, 6) is 0.239. The number of rotatable bonds is 3. The third-order valence-corrected chi connectivity index (χ3v) is 7.00. The van der Waals surface area contributed by atoms with Gasteiger partial charge in [0.15, 0.2) is 11.5 Å². The lowest BCUT2D eigenvalue weighted by molar-refractivity contribution is -0.122. The maximum absolute atomic E-state index is 13.4. The average Bonchev–Trinajstić information content (AvgIpc) is 3.27. The van der Waals surface area contributed by atoms with Crippen LogP contribution in [0, 0.1) is 0 Å². The summed E-state index contributed by atoms with van der Waals surface area (Å²) >= 11 is 0. The zero-order valence-electron chi connectivity index (χ0n) is 20.3. The Bertz CT molecular complexity index is 1300. The minimum Gasteiger partial charge on any atom is -0.496 e. The van der Waals surface area contributed by atoms with Crippen molar-refractivity contribution in [2.75, 3.05) is 30.8 Å². The first-order valence-electron chi connectivity index (χ1n) is 11.4. The summed E-state index contributed by atoms with van der Waals surface area (Å²) in [6.07, 6.45) is 2.43. The van der Waals surface area contributed by atoms with Gasteiger partial charge in [-0.1, -0.05) is 6.92 Å². The van der Waals surface area contributed by atoms with E-state index >= 15 is 0 Å². The first-order valence-corrected chi connectivity index (χ1v) is 11.4. The molecule has 1 N–H and O–H groups in total. The van der Waals surface area contributed by atoms with Gasteiger partial charge in [0.1, 0.15) is 11.3 Å². The summed E-state index contributed by atoms with van der Waals surface area (Å²) in [5.41, 5.74) is 2.81. The second kappa shape index (κ2) is 8.04. The van der Waals surface area contributed by atoms with Crippen LogP contribution in [0.5, 0.6) is 17.2 Å². The molecule has 1 saturated heterocycles. The van der Waals surface area contributed by atoms with Crippen molar-refractivity contribution in [3.63, 3.8) is 0 Å². The fraction of sp³-hybridized carbons (Fsp3) is 0.346. The van der Waals surface area contributed by atoms with Gasteiger partial charge in [0, 0.05) is 36.0 Å². The summed E-state index contributed by atoms with van der Waals surface area (Å²) in [4.78, 5) is 41.9. The van der Waals surface area contributed by atoms with E-state index in [9.17, 15) is 14.4 Å². The maximum Gasteiger partial charge on any atom is 0.335 e. The van der Waals surface area contributed by atoms with E-state index in [0.29, 0.717) is 22.8 Å². The molecule has 3 aliphatic rings. The number of anilines is 2. The summed E-state index contributed by atoms with van der Waals surface area (Å²) < 4.78 is 16.3. The van der Waals surface area contributed by atoms with E-state index < -0.39 is 17.8 Å². The SMILES string of the molecule is COc1cc2c(cc1/C=C1/C(=O)NC(=O)N(c3ccc4c(c3)OCO4)C1=O)C(C)CC(C)(C)N2C. The van der Waals surface area contributed by atoms with Crippen molar-refractivity contribution in [2.45, 2.75) is 38.6 Å². The lowest BCUT2D eigenvalue weighted by Gasteiger charge is -2.45. The van der Waals surface area contributed by atoms with Crippen molar-refractivity contribution in [2.24, 2.45) is 0 Å². The Morgan fingerprint density at radius 3 is 2.60 bits per heavy atom. The number of benzene rings is 2. The van der Waals surface area contributed by atoms with E-state index in [2.05, 4.69) is 38.0 Å². The highest BCUT2D eigenvalue weighted by Crippen LogP contribution is 2.45. The fourth-order valence-corrected chi connectivity index (χ4v) is 4.97. The summed E-state index contributed by atoms with van der Waals surface area (Å²) in [6.45, 7) is 6.62. The highest BCUT2D eigenvalue weighted by molar-refractivity contribution is 6.39. The molecule has 3 heterocycles. The first-order chi connectivity index (χ1) is 16.6. The molecule has 0 aliphatic carbocycles. The Balaban J connectivity index is 1.57. The molecule has 9 nitrogen and oxygen atoms in total. The maximum atomic E-state index is 13.4. The molecule has 2 aromatic carbocycles. The molecule has 4 amide bonds. The Hall–Kier alpha value is -4.01. The van der Waals surface area contributed by atoms with Crippen LogP contribution in [-0.4, -0.2) is 44.3 Å². The molecule has 35 heavy (non-hydrogen) atoms. The predicted molar refractivity (Wildman–Crippen MR) is 130 cm³/mol. The molecule has 2 aromatic rings. The molecule has 0 radical (unpaired) electrons. The molecule has 0 aromatic heterocycles. The zero-order valence-corrected chi connectivity index (χ0v) is 20.3. The first kappa shape index (κ1) is 22.8. The van der Waals surface area contributed by atoms with E-state index in [1.54, 1.807) is 19.2 Å². The molecule has 9 heteroatoms. The van der Waals surface area contributed by atoms with Crippen molar-refractivity contribution in [1.82, 2.24) is 5.32 Å². The smallest absolute Gasteiger partial charge is 0.335 e. The second-order valence-electron chi connectivity index (χ2n) is 9.63. The number of imide groups is 2. The van der Waals surface area contributed by atoms with Gasteiger partial charge in [-0.2, -0.15) is 0 Å². The Kier molecular flexibility index (Phi) is 5.23. The quantitative estimate of drug-likeness (QED) is 0.530. The third kappa shape index (κ3) is 3.67. The van der Waals surface area contributed by atoms with Crippen LogP contribution < -0.4 is 29.3 Å². The number of methoxy groups -OCH3 is 1. The number of carbonyl (C=O) groups excluding carboxylic acids is 3.